The predicted molar refractivity (Wildman–Crippen MR) is 151 cm³/mol. The van der Waals surface area contributed by atoms with E-state index >= 15 is 0 Å². The molecule has 0 saturated heterocycles. The van der Waals surface area contributed by atoms with Gasteiger partial charge in [-0.3, -0.25) is 8.98 Å². The van der Waals surface area contributed by atoms with Crippen molar-refractivity contribution in [1.82, 2.24) is 0 Å². The van der Waals surface area contributed by atoms with Crippen LogP contribution in [-0.4, -0.2) is 50.0 Å². The average Bonchev–Trinajstić information content (AvgIpc) is 3.53. The Labute approximate surface area is 234 Å². The predicted octanol–water partition coefficient (Wildman–Crippen LogP) is 5.49. The number of esters is 1. The van der Waals surface area contributed by atoms with Crippen LogP contribution in [-0.2, 0) is 23.8 Å². The lowest BCUT2D eigenvalue weighted by atomic mass is 9.86. The number of carbonyl (C=O) groups excluding carboxylic acids is 1. The van der Waals surface area contributed by atoms with E-state index in [-0.39, 0.29) is 35.0 Å². The maximum Gasteiger partial charge on any atom is 0.308 e. The fourth-order valence-electron chi connectivity index (χ4n) is 6.07. The van der Waals surface area contributed by atoms with Crippen LogP contribution in [0.5, 0.6) is 0 Å². The molecule has 0 radical (unpaired) electrons. The Morgan fingerprint density at radius 3 is 2.46 bits per heavy atom. The van der Waals surface area contributed by atoms with Crippen LogP contribution in [0.2, 0.25) is 0 Å². The summed E-state index contributed by atoms with van der Waals surface area (Å²) in [6, 6.07) is 6.53. The van der Waals surface area contributed by atoms with Crippen molar-refractivity contribution < 1.29 is 32.3 Å². The number of allylic oxidation sites excluding steroid dienone is 2. The van der Waals surface area contributed by atoms with Crippen molar-refractivity contribution in [2.45, 2.75) is 101 Å². The van der Waals surface area contributed by atoms with Crippen molar-refractivity contribution in [3.63, 3.8) is 0 Å². The summed E-state index contributed by atoms with van der Waals surface area (Å²) < 4.78 is 36.9. The van der Waals surface area contributed by atoms with Crippen molar-refractivity contribution in [3.8, 4) is 0 Å². The number of aliphatic hydroxyl groups excluding tert-OH is 2. The molecule has 0 heterocycles. The Hall–Kier alpha value is -2.00. The van der Waals surface area contributed by atoms with E-state index in [1.807, 2.05) is 32.1 Å². The van der Waals surface area contributed by atoms with Crippen LogP contribution in [0.25, 0.3) is 0 Å². The van der Waals surface area contributed by atoms with Gasteiger partial charge in [-0.2, -0.15) is 8.42 Å². The largest absolute Gasteiger partial charge is 0.469 e. The Kier molecular flexibility index (Phi) is 12.2. The normalized spacial score (nSPS) is 26.0. The summed E-state index contributed by atoms with van der Waals surface area (Å²) in [6.45, 7) is 3.88. The standard InChI is InChI=1S/C31H46O7S/c1-4-10-24(32)17-20-27-28(14-7-5-6-13-26(31(34)37-3)23-11-8-9-12-23)30(21-29(27)33)38-39(35,36)25-18-15-22(2)16-19-25/h5,7,15-20,23-24,26-30,32-33H,4,6,8-14,21H2,1-3H3/b7-5-,20-17+/t24-,26?,27-,28-,29-,30-/m1/s1. The molecule has 6 atom stereocenters. The van der Waals surface area contributed by atoms with Crippen molar-refractivity contribution in [1.29, 1.82) is 0 Å². The monoisotopic (exact) mass is 562 g/mol. The second-order valence-corrected chi connectivity index (χ2v) is 12.7. The molecule has 218 valence electrons. The van der Waals surface area contributed by atoms with Crippen LogP contribution in [0.3, 0.4) is 0 Å². The summed E-state index contributed by atoms with van der Waals surface area (Å²) >= 11 is 0. The molecule has 3 rings (SSSR count). The topological polar surface area (TPSA) is 110 Å². The first-order valence-corrected chi connectivity index (χ1v) is 15.8. The van der Waals surface area contributed by atoms with Crippen LogP contribution >= 0.6 is 0 Å². The Morgan fingerprint density at radius 1 is 1.13 bits per heavy atom. The van der Waals surface area contributed by atoms with Crippen LogP contribution < -0.4 is 0 Å². The van der Waals surface area contributed by atoms with E-state index in [0.29, 0.717) is 25.2 Å². The van der Waals surface area contributed by atoms with E-state index in [2.05, 4.69) is 0 Å². The van der Waals surface area contributed by atoms with Gasteiger partial charge in [0.1, 0.15) is 0 Å². The fourth-order valence-corrected chi connectivity index (χ4v) is 7.20. The van der Waals surface area contributed by atoms with E-state index in [9.17, 15) is 23.4 Å². The molecule has 2 N–H and O–H groups in total. The van der Waals surface area contributed by atoms with Gasteiger partial charge in [0.2, 0.25) is 0 Å². The Balaban J connectivity index is 1.71. The SMILES string of the molecule is CCC[C@@H](O)/C=C/[C@@H]1[C@@H](C/C=C\CCC(C(=O)OC)C2CCCC2)[C@H](OS(=O)(=O)c2ccc(C)cc2)C[C@H]1O. The van der Waals surface area contributed by atoms with Crippen molar-refractivity contribution in [2.24, 2.45) is 23.7 Å². The zero-order valence-corrected chi connectivity index (χ0v) is 24.4. The molecule has 1 aromatic rings. The molecule has 2 aliphatic carbocycles. The molecule has 0 amide bonds. The van der Waals surface area contributed by atoms with Crippen molar-refractivity contribution >= 4 is 16.1 Å². The molecular formula is C31H46O7S. The van der Waals surface area contributed by atoms with Gasteiger partial charge < -0.3 is 14.9 Å². The van der Waals surface area contributed by atoms with Crippen LogP contribution in [0, 0.1) is 30.6 Å². The number of aliphatic hydroxyl groups is 2. The number of carbonyl (C=O) groups is 1. The lowest BCUT2D eigenvalue weighted by Gasteiger charge is -2.23. The maximum absolute atomic E-state index is 13.1. The second kappa shape index (κ2) is 15.1. The number of benzene rings is 1. The molecule has 7 nitrogen and oxygen atoms in total. The molecule has 39 heavy (non-hydrogen) atoms. The van der Waals surface area contributed by atoms with E-state index in [1.54, 1.807) is 18.2 Å². The number of rotatable bonds is 14. The van der Waals surface area contributed by atoms with Gasteiger partial charge in [-0.15, -0.1) is 0 Å². The minimum absolute atomic E-state index is 0.0926. The highest BCUT2D eigenvalue weighted by molar-refractivity contribution is 7.86. The third-order valence-corrected chi connectivity index (χ3v) is 9.63. The molecule has 0 bridgehead atoms. The van der Waals surface area contributed by atoms with Crippen LogP contribution in [0.4, 0.5) is 0 Å². The molecule has 0 aromatic heterocycles. The van der Waals surface area contributed by atoms with Gasteiger partial charge >= 0.3 is 5.97 Å². The Morgan fingerprint density at radius 2 is 1.82 bits per heavy atom. The van der Waals surface area contributed by atoms with E-state index < -0.39 is 28.4 Å². The number of hydrogen-bond acceptors (Lipinski definition) is 7. The first kappa shape index (κ1) is 31.5. The lowest BCUT2D eigenvalue weighted by Crippen LogP contribution is -2.25. The zero-order valence-electron chi connectivity index (χ0n) is 23.6. The third-order valence-electron chi connectivity index (χ3n) is 8.28. The quantitative estimate of drug-likeness (QED) is 0.175. The van der Waals surface area contributed by atoms with Gasteiger partial charge in [0, 0.05) is 12.3 Å². The summed E-state index contributed by atoms with van der Waals surface area (Å²) in [5.41, 5.74) is 0.950. The van der Waals surface area contributed by atoms with Gasteiger partial charge in [-0.25, -0.2) is 0 Å². The summed E-state index contributed by atoms with van der Waals surface area (Å²) in [6.07, 6.45) is 13.5. The summed E-state index contributed by atoms with van der Waals surface area (Å²) in [7, 11) is -2.56. The number of ether oxygens (including phenoxy) is 1. The van der Waals surface area contributed by atoms with Crippen molar-refractivity contribution in [2.75, 3.05) is 7.11 Å². The molecule has 2 saturated carbocycles. The van der Waals surface area contributed by atoms with Crippen LogP contribution in [0.1, 0.15) is 76.7 Å². The highest BCUT2D eigenvalue weighted by Crippen LogP contribution is 2.40. The number of aryl methyl sites for hydroxylation is 1. The molecular weight excluding hydrogens is 516 g/mol. The van der Waals surface area contributed by atoms with Gasteiger partial charge in [0.05, 0.1) is 36.2 Å². The fraction of sp³-hybridized carbons (Fsp3) is 0.645. The van der Waals surface area contributed by atoms with E-state index in [1.165, 1.54) is 19.2 Å². The van der Waals surface area contributed by atoms with Gasteiger partial charge in [0.25, 0.3) is 10.1 Å². The highest BCUT2D eigenvalue weighted by atomic mass is 32.2. The minimum Gasteiger partial charge on any atom is -0.469 e. The van der Waals surface area contributed by atoms with Crippen LogP contribution in [0.15, 0.2) is 53.5 Å². The second-order valence-electron chi connectivity index (χ2n) is 11.1. The highest BCUT2D eigenvalue weighted by Gasteiger charge is 2.43. The third kappa shape index (κ3) is 9.00. The molecule has 0 spiro atoms. The first-order chi connectivity index (χ1) is 18.7. The molecule has 0 aliphatic heterocycles. The maximum atomic E-state index is 13.1. The molecule has 1 unspecified atom stereocenters. The summed E-state index contributed by atoms with van der Waals surface area (Å²) in [4.78, 5) is 12.5. The lowest BCUT2D eigenvalue weighted by molar-refractivity contribution is -0.147. The molecule has 8 heteroatoms. The zero-order chi connectivity index (χ0) is 28.4. The van der Waals surface area contributed by atoms with E-state index in [0.717, 1.165) is 44.1 Å². The van der Waals surface area contributed by atoms with Gasteiger partial charge in [-0.05, 0) is 69.4 Å². The van der Waals surface area contributed by atoms with Crippen molar-refractivity contribution in [3.05, 3.63) is 54.1 Å². The number of methoxy groups -OCH3 is 1. The van der Waals surface area contributed by atoms with E-state index in [4.69, 9.17) is 8.92 Å². The van der Waals surface area contributed by atoms with Gasteiger partial charge in [0.15, 0.2) is 0 Å². The molecule has 2 fully saturated rings. The van der Waals surface area contributed by atoms with Gasteiger partial charge in [-0.1, -0.05) is 68.2 Å². The molecule has 2 aliphatic rings. The minimum atomic E-state index is -4.01. The molecule has 1 aromatic carbocycles. The summed E-state index contributed by atoms with van der Waals surface area (Å²) in [5, 5.41) is 21.1. The number of hydrogen-bond donors (Lipinski definition) is 2. The average molecular weight is 563 g/mol. The Bertz CT molecular complexity index is 1060. The smallest absolute Gasteiger partial charge is 0.308 e. The first-order valence-electron chi connectivity index (χ1n) is 14.4. The summed E-state index contributed by atoms with van der Waals surface area (Å²) in [5.74, 6) is -0.486.